The van der Waals surface area contributed by atoms with Crippen molar-refractivity contribution in [1.82, 2.24) is 10.2 Å². The van der Waals surface area contributed by atoms with Crippen molar-refractivity contribution in [1.29, 1.82) is 0 Å². The molecule has 1 saturated carbocycles. The van der Waals surface area contributed by atoms with Crippen LogP contribution in [0.5, 0.6) is 0 Å². The molecule has 1 aliphatic rings. The summed E-state index contributed by atoms with van der Waals surface area (Å²) in [6.45, 7) is 5.43. The number of nitrogens with zero attached hydrogens (tertiary/aromatic N) is 2. The minimum Gasteiger partial charge on any atom is -0.352 e. The lowest BCUT2D eigenvalue weighted by atomic mass is 10.0. The maximum atomic E-state index is 14.3. The number of rotatable bonds is 11. The molecule has 41 heavy (non-hydrogen) atoms. The van der Waals surface area contributed by atoms with Crippen LogP contribution in [0, 0.1) is 20.8 Å². The Morgan fingerprint density at radius 3 is 2.05 bits per heavy atom. The van der Waals surface area contributed by atoms with Crippen LogP contribution in [0.25, 0.3) is 0 Å². The molecule has 1 atom stereocenters. The molecule has 1 unspecified atom stereocenters. The zero-order chi connectivity index (χ0) is 29.6. The molecular formula is C33H41N3O4S. The third-order valence-corrected chi connectivity index (χ3v) is 9.06. The number of amides is 2. The van der Waals surface area contributed by atoms with Gasteiger partial charge in [0.05, 0.1) is 11.9 Å². The van der Waals surface area contributed by atoms with Gasteiger partial charge in [0.2, 0.25) is 21.8 Å². The van der Waals surface area contributed by atoms with E-state index in [1.54, 1.807) is 4.90 Å². The lowest BCUT2D eigenvalue weighted by Gasteiger charge is -2.35. The van der Waals surface area contributed by atoms with Crippen LogP contribution in [-0.4, -0.2) is 50.0 Å². The first kappa shape index (κ1) is 30.3. The Balaban J connectivity index is 1.76. The normalized spacial score (nSPS) is 14.4. The highest BCUT2D eigenvalue weighted by atomic mass is 32.2. The second-order valence-electron chi connectivity index (χ2n) is 11.2. The molecule has 0 radical (unpaired) electrons. The summed E-state index contributed by atoms with van der Waals surface area (Å²) in [5, 5.41) is 3.20. The molecule has 0 bridgehead atoms. The Bertz CT molecular complexity index is 1450. The van der Waals surface area contributed by atoms with Gasteiger partial charge in [0.1, 0.15) is 12.6 Å². The van der Waals surface area contributed by atoms with Crippen molar-refractivity contribution in [3.8, 4) is 0 Å². The minimum absolute atomic E-state index is 0.0818. The number of carbonyl (C=O) groups is 2. The zero-order valence-electron chi connectivity index (χ0n) is 24.5. The Hall–Kier alpha value is -3.65. The number of sulfonamides is 1. The van der Waals surface area contributed by atoms with Gasteiger partial charge >= 0.3 is 0 Å². The van der Waals surface area contributed by atoms with Crippen molar-refractivity contribution < 1.29 is 18.0 Å². The molecule has 1 aliphatic carbocycles. The number of hydrogen-bond acceptors (Lipinski definition) is 4. The van der Waals surface area contributed by atoms with Crippen molar-refractivity contribution in [2.24, 2.45) is 0 Å². The lowest BCUT2D eigenvalue weighted by molar-refractivity contribution is -0.140. The van der Waals surface area contributed by atoms with E-state index in [-0.39, 0.29) is 18.5 Å². The fraction of sp³-hybridized carbons (Fsp3) is 0.394. The van der Waals surface area contributed by atoms with Gasteiger partial charge in [0.25, 0.3) is 0 Å². The lowest BCUT2D eigenvalue weighted by Crippen LogP contribution is -2.54. The predicted octanol–water partition coefficient (Wildman–Crippen LogP) is 5.08. The molecule has 8 heteroatoms. The van der Waals surface area contributed by atoms with Crippen molar-refractivity contribution in [2.75, 3.05) is 17.1 Å². The van der Waals surface area contributed by atoms with Crippen LogP contribution in [0.2, 0.25) is 0 Å². The Kier molecular flexibility index (Phi) is 9.86. The van der Waals surface area contributed by atoms with Crippen LogP contribution < -0.4 is 9.62 Å². The molecule has 3 aromatic carbocycles. The third-order valence-electron chi connectivity index (χ3n) is 7.94. The van der Waals surface area contributed by atoms with E-state index in [0.29, 0.717) is 12.1 Å². The van der Waals surface area contributed by atoms with E-state index in [1.807, 2.05) is 93.6 Å². The van der Waals surface area contributed by atoms with E-state index >= 15 is 0 Å². The molecule has 0 heterocycles. The summed E-state index contributed by atoms with van der Waals surface area (Å²) in [4.78, 5) is 29.8. The van der Waals surface area contributed by atoms with Crippen LogP contribution in [0.4, 0.5) is 5.69 Å². The molecule has 1 fully saturated rings. The molecule has 3 aromatic rings. The van der Waals surface area contributed by atoms with Gasteiger partial charge in [-0.15, -0.1) is 0 Å². The average molecular weight is 576 g/mol. The van der Waals surface area contributed by atoms with Crippen LogP contribution in [-0.2, 0) is 32.6 Å². The van der Waals surface area contributed by atoms with Crippen LogP contribution >= 0.6 is 0 Å². The van der Waals surface area contributed by atoms with Crippen molar-refractivity contribution in [2.45, 2.75) is 71.5 Å². The smallest absolute Gasteiger partial charge is 0.244 e. The Morgan fingerprint density at radius 1 is 0.854 bits per heavy atom. The molecule has 0 spiro atoms. The van der Waals surface area contributed by atoms with Gasteiger partial charge in [-0.2, -0.15) is 0 Å². The number of nitrogens with one attached hydrogen (secondary N) is 1. The van der Waals surface area contributed by atoms with Crippen LogP contribution in [0.3, 0.4) is 0 Å². The molecule has 0 aromatic heterocycles. The fourth-order valence-corrected chi connectivity index (χ4v) is 6.63. The molecule has 0 aliphatic heterocycles. The van der Waals surface area contributed by atoms with E-state index in [9.17, 15) is 18.0 Å². The van der Waals surface area contributed by atoms with Gasteiger partial charge in [0.15, 0.2) is 0 Å². The van der Waals surface area contributed by atoms with E-state index in [0.717, 1.165) is 59.8 Å². The van der Waals surface area contributed by atoms with Gasteiger partial charge in [-0.05, 0) is 61.4 Å². The topological polar surface area (TPSA) is 86.8 Å². The van der Waals surface area contributed by atoms with Gasteiger partial charge in [0, 0.05) is 19.0 Å². The SMILES string of the molecule is Cc1ccccc1CN(C(=O)CN(c1c(C)cccc1C)S(C)(=O)=O)C(Cc1ccccc1)C(=O)NC1CCCC1. The highest BCUT2D eigenvalue weighted by molar-refractivity contribution is 7.92. The average Bonchev–Trinajstić information content (AvgIpc) is 3.44. The van der Waals surface area contributed by atoms with Crippen molar-refractivity contribution in [3.63, 3.8) is 0 Å². The van der Waals surface area contributed by atoms with E-state index in [2.05, 4.69) is 5.32 Å². The second kappa shape index (κ2) is 13.3. The summed E-state index contributed by atoms with van der Waals surface area (Å²) in [6, 6.07) is 22.2. The van der Waals surface area contributed by atoms with Gasteiger partial charge in [-0.3, -0.25) is 13.9 Å². The van der Waals surface area contributed by atoms with E-state index in [4.69, 9.17) is 0 Å². The summed E-state index contributed by atoms with van der Waals surface area (Å²) in [6.07, 6.45) is 5.41. The monoisotopic (exact) mass is 575 g/mol. The highest BCUT2D eigenvalue weighted by Gasteiger charge is 2.35. The van der Waals surface area contributed by atoms with Crippen molar-refractivity contribution >= 4 is 27.5 Å². The van der Waals surface area contributed by atoms with Crippen LogP contribution in [0.15, 0.2) is 72.8 Å². The maximum Gasteiger partial charge on any atom is 0.244 e. The predicted molar refractivity (Wildman–Crippen MR) is 164 cm³/mol. The second-order valence-corrected chi connectivity index (χ2v) is 13.1. The summed E-state index contributed by atoms with van der Waals surface area (Å²) in [7, 11) is -3.81. The first-order valence-electron chi connectivity index (χ1n) is 14.3. The number of hydrogen-bond donors (Lipinski definition) is 1. The molecule has 218 valence electrons. The summed E-state index contributed by atoms with van der Waals surface area (Å²) >= 11 is 0. The molecule has 7 nitrogen and oxygen atoms in total. The number of benzene rings is 3. The van der Waals surface area contributed by atoms with Crippen LogP contribution in [0.1, 0.15) is 53.5 Å². The van der Waals surface area contributed by atoms with Gasteiger partial charge < -0.3 is 10.2 Å². The quantitative estimate of drug-likeness (QED) is 0.346. The molecule has 2 amide bonds. The van der Waals surface area contributed by atoms with Gasteiger partial charge in [-0.25, -0.2) is 8.42 Å². The third kappa shape index (κ3) is 7.76. The molecule has 1 N–H and O–H groups in total. The molecule has 4 rings (SSSR count). The fourth-order valence-electron chi connectivity index (χ4n) is 5.67. The molecular weight excluding hydrogens is 534 g/mol. The zero-order valence-corrected chi connectivity index (χ0v) is 25.3. The van der Waals surface area contributed by atoms with Gasteiger partial charge in [-0.1, -0.05) is 85.6 Å². The minimum atomic E-state index is -3.81. The number of carbonyl (C=O) groups excluding carboxylic acids is 2. The van der Waals surface area contributed by atoms with E-state index in [1.165, 1.54) is 4.31 Å². The number of aryl methyl sites for hydroxylation is 3. The highest BCUT2D eigenvalue weighted by Crippen LogP contribution is 2.28. The maximum absolute atomic E-state index is 14.3. The number of para-hydroxylation sites is 1. The summed E-state index contributed by atoms with van der Waals surface area (Å²) in [5.74, 6) is -0.635. The summed E-state index contributed by atoms with van der Waals surface area (Å²) in [5.41, 5.74) is 4.84. The Morgan fingerprint density at radius 2 is 1.44 bits per heavy atom. The first-order chi connectivity index (χ1) is 19.5. The molecule has 0 saturated heterocycles. The number of anilines is 1. The Labute approximate surface area is 244 Å². The van der Waals surface area contributed by atoms with Crippen molar-refractivity contribution in [3.05, 3.63) is 101 Å². The summed E-state index contributed by atoms with van der Waals surface area (Å²) < 4.78 is 27.4. The largest absolute Gasteiger partial charge is 0.352 e. The first-order valence-corrected chi connectivity index (χ1v) is 16.1. The van der Waals surface area contributed by atoms with E-state index < -0.39 is 28.5 Å². The standard InChI is InChI=1S/C33H41N3O4S/c1-24-13-8-9-18-28(24)22-35(31(37)23-36(41(4,39)40)32-25(2)14-12-15-26(32)3)30(21-27-16-6-5-7-17-27)33(38)34-29-19-10-11-20-29/h5-9,12-18,29-30H,10-11,19-23H2,1-4H3,(H,34,38).